The van der Waals surface area contributed by atoms with Crippen molar-refractivity contribution in [2.45, 2.75) is 0 Å². The van der Waals surface area contributed by atoms with Crippen LogP contribution in [0, 0.1) is 0 Å². The molecule has 0 aromatic rings. The Morgan fingerprint density at radius 3 is 2.50 bits per heavy atom. The van der Waals surface area contributed by atoms with E-state index in [2.05, 4.69) is 21.0 Å². The number of carbonyl (C=O) groups is 1. The Morgan fingerprint density at radius 1 is 1.42 bits per heavy atom. The molecule has 70 valence electrons. The number of rotatable bonds is 2. The minimum Gasteiger partial charge on any atom is -0.304 e. The van der Waals surface area contributed by atoms with Gasteiger partial charge >= 0.3 is 5.37 Å². The van der Waals surface area contributed by atoms with Crippen LogP contribution in [-0.4, -0.2) is 47.8 Å². The van der Waals surface area contributed by atoms with Crippen molar-refractivity contribution in [3.8, 4) is 0 Å². The summed E-state index contributed by atoms with van der Waals surface area (Å²) in [6.07, 6.45) is 0. The fourth-order valence-corrected chi connectivity index (χ4v) is 1.63. The molecule has 1 fully saturated rings. The van der Waals surface area contributed by atoms with Gasteiger partial charge in [0.25, 0.3) is 0 Å². The quantitative estimate of drug-likeness (QED) is 0.414. The third-order valence-electron chi connectivity index (χ3n) is 1.72. The van der Waals surface area contributed by atoms with E-state index in [1.807, 2.05) is 0 Å². The summed E-state index contributed by atoms with van der Waals surface area (Å²) < 4.78 is 4.56. The Hall–Kier alpha value is 0.0300. The van der Waals surface area contributed by atoms with E-state index in [0.717, 1.165) is 26.2 Å². The van der Waals surface area contributed by atoms with E-state index in [0.29, 0.717) is 0 Å². The number of halogens is 1. The molecule has 12 heavy (non-hydrogen) atoms. The van der Waals surface area contributed by atoms with Crippen molar-refractivity contribution in [3.63, 3.8) is 0 Å². The summed E-state index contributed by atoms with van der Waals surface area (Å²) in [7, 11) is 2.09. The van der Waals surface area contributed by atoms with Crippen LogP contribution in [0.2, 0.25) is 0 Å². The second kappa shape index (κ2) is 4.91. The average molecular weight is 210 g/mol. The SMILES string of the molecule is CN1CCN(SNC(=O)Cl)CC1. The van der Waals surface area contributed by atoms with Crippen LogP contribution in [-0.2, 0) is 0 Å². The molecule has 1 aliphatic heterocycles. The van der Waals surface area contributed by atoms with Gasteiger partial charge in [-0.25, -0.2) is 4.31 Å². The molecule has 0 radical (unpaired) electrons. The van der Waals surface area contributed by atoms with Gasteiger partial charge in [0.15, 0.2) is 0 Å². The maximum Gasteiger partial charge on any atom is 0.324 e. The van der Waals surface area contributed by atoms with Crippen molar-refractivity contribution in [2.24, 2.45) is 0 Å². The highest BCUT2D eigenvalue weighted by atomic mass is 35.5. The Bertz CT molecular complexity index is 161. The lowest BCUT2D eigenvalue weighted by Gasteiger charge is -2.30. The summed E-state index contributed by atoms with van der Waals surface area (Å²) in [4.78, 5) is 12.6. The highest BCUT2D eigenvalue weighted by Crippen LogP contribution is 2.09. The molecule has 6 heteroatoms. The molecular formula is C6H12ClN3OS. The monoisotopic (exact) mass is 209 g/mol. The van der Waals surface area contributed by atoms with Crippen molar-refractivity contribution in [1.29, 1.82) is 0 Å². The Kier molecular flexibility index (Phi) is 4.14. The smallest absolute Gasteiger partial charge is 0.304 e. The normalized spacial score (nSPS) is 20.8. The first-order chi connectivity index (χ1) is 5.68. The maximum atomic E-state index is 10.3. The van der Waals surface area contributed by atoms with Gasteiger partial charge in [0.2, 0.25) is 0 Å². The molecule has 1 saturated heterocycles. The number of likely N-dealkylation sites (N-methyl/N-ethyl adjacent to an activating group) is 1. The van der Waals surface area contributed by atoms with Gasteiger partial charge in [-0.2, -0.15) is 0 Å². The zero-order valence-corrected chi connectivity index (χ0v) is 8.49. The average Bonchev–Trinajstić information content (AvgIpc) is 2.03. The summed E-state index contributed by atoms with van der Waals surface area (Å²) in [6, 6.07) is 0. The van der Waals surface area contributed by atoms with Gasteiger partial charge in [0.1, 0.15) is 0 Å². The zero-order chi connectivity index (χ0) is 8.97. The standard InChI is InChI=1S/C6H12ClN3OS/c1-9-2-4-10(5-3-9)12-8-6(7)11/h2-5H2,1H3,(H,8,11). The molecule has 1 N–H and O–H groups in total. The molecule has 0 atom stereocenters. The molecule has 0 aromatic heterocycles. The number of nitrogens with one attached hydrogen (secondary N) is 1. The third kappa shape index (κ3) is 3.62. The topological polar surface area (TPSA) is 35.6 Å². The molecule has 0 spiro atoms. The molecule has 0 aliphatic carbocycles. The molecule has 1 aliphatic rings. The minimum atomic E-state index is -0.515. The van der Waals surface area contributed by atoms with Crippen LogP contribution < -0.4 is 4.72 Å². The second-order valence-electron chi connectivity index (χ2n) is 2.70. The molecule has 0 saturated carbocycles. The summed E-state index contributed by atoms with van der Waals surface area (Å²) in [6.45, 7) is 3.98. The van der Waals surface area contributed by atoms with Gasteiger partial charge in [-0.05, 0) is 18.6 Å². The van der Waals surface area contributed by atoms with Crippen molar-refractivity contribution >= 4 is 29.1 Å². The lowest BCUT2D eigenvalue weighted by molar-refractivity contribution is 0.232. The van der Waals surface area contributed by atoms with E-state index in [9.17, 15) is 4.79 Å². The number of amides is 1. The Labute approximate surface area is 81.5 Å². The molecule has 1 rings (SSSR count). The lowest BCUT2D eigenvalue weighted by Crippen LogP contribution is -2.42. The first-order valence-corrected chi connectivity index (χ1v) is 4.89. The molecular weight excluding hydrogens is 198 g/mol. The highest BCUT2D eigenvalue weighted by Gasteiger charge is 2.14. The first-order valence-electron chi connectivity index (χ1n) is 3.74. The molecule has 0 bridgehead atoms. The Morgan fingerprint density at radius 2 is 2.00 bits per heavy atom. The lowest BCUT2D eigenvalue weighted by atomic mass is 10.4. The number of hydrogen-bond donors (Lipinski definition) is 1. The van der Waals surface area contributed by atoms with E-state index in [1.165, 1.54) is 12.1 Å². The summed E-state index contributed by atoms with van der Waals surface area (Å²) in [5, 5.41) is -0.515. The van der Waals surface area contributed by atoms with E-state index in [1.54, 1.807) is 0 Å². The minimum absolute atomic E-state index is 0.515. The summed E-state index contributed by atoms with van der Waals surface area (Å²) in [5.41, 5.74) is 0. The predicted octanol–water partition coefficient (Wildman–Crippen LogP) is 0.745. The van der Waals surface area contributed by atoms with Gasteiger partial charge in [0, 0.05) is 38.3 Å². The molecule has 4 nitrogen and oxygen atoms in total. The van der Waals surface area contributed by atoms with Crippen LogP contribution in [0.15, 0.2) is 0 Å². The van der Waals surface area contributed by atoms with Crippen molar-refractivity contribution in [2.75, 3.05) is 33.2 Å². The van der Waals surface area contributed by atoms with E-state index >= 15 is 0 Å². The Balaban J connectivity index is 2.13. The largest absolute Gasteiger partial charge is 0.324 e. The summed E-state index contributed by atoms with van der Waals surface area (Å²) >= 11 is 6.40. The molecule has 1 amide bonds. The molecule has 1 heterocycles. The maximum absolute atomic E-state index is 10.3. The predicted molar refractivity (Wildman–Crippen MR) is 51.0 cm³/mol. The first kappa shape index (κ1) is 10.1. The fourth-order valence-electron chi connectivity index (χ4n) is 0.980. The van der Waals surface area contributed by atoms with Crippen LogP contribution in [0.4, 0.5) is 4.79 Å². The third-order valence-corrected chi connectivity index (χ3v) is 2.82. The van der Waals surface area contributed by atoms with Crippen LogP contribution in [0.1, 0.15) is 0 Å². The number of carbonyl (C=O) groups excluding carboxylic acids is 1. The van der Waals surface area contributed by atoms with Crippen molar-refractivity contribution in [3.05, 3.63) is 0 Å². The van der Waals surface area contributed by atoms with Crippen LogP contribution in [0.5, 0.6) is 0 Å². The van der Waals surface area contributed by atoms with Crippen LogP contribution in [0.3, 0.4) is 0 Å². The van der Waals surface area contributed by atoms with Gasteiger partial charge < -0.3 is 4.90 Å². The zero-order valence-electron chi connectivity index (χ0n) is 6.92. The van der Waals surface area contributed by atoms with Gasteiger partial charge in [-0.3, -0.25) is 9.52 Å². The van der Waals surface area contributed by atoms with Gasteiger partial charge in [-0.1, -0.05) is 0 Å². The molecule has 0 aromatic carbocycles. The fraction of sp³-hybridized carbons (Fsp3) is 0.833. The van der Waals surface area contributed by atoms with Crippen molar-refractivity contribution < 1.29 is 4.79 Å². The van der Waals surface area contributed by atoms with Gasteiger partial charge in [-0.15, -0.1) is 0 Å². The number of hydrogen-bond acceptors (Lipinski definition) is 4. The number of piperazine rings is 1. The molecule has 0 unspecified atom stereocenters. The van der Waals surface area contributed by atoms with Crippen molar-refractivity contribution in [1.82, 2.24) is 13.9 Å². The number of nitrogens with zero attached hydrogens (tertiary/aromatic N) is 2. The van der Waals surface area contributed by atoms with E-state index < -0.39 is 5.37 Å². The van der Waals surface area contributed by atoms with Gasteiger partial charge in [0.05, 0.1) is 0 Å². The van der Waals surface area contributed by atoms with E-state index in [4.69, 9.17) is 11.6 Å². The summed E-state index contributed by atoms with van der Waals surface area (Å²) in [5.74, 6) is 0. The van der Waals surface area contributed by atoms with E-state index in [-0.39, 0.29) is 0 Å². The highest BCUT2D eigenvalue weighted by molar-refractivity contribution is 7.95. The van der Waals surface area contributed by atoms with Crippen LogP contribution >= 0.6 is 23.7 Å². The second-order valence-corrected chi connectivity index (χ2v) is 3.95. The van der Waals surface area contributed by atoms with Crippen LogP contribution in [0.25, 0.3) is 0 Å².